The van der Waals surface area contributed by atoms with Gasteiger partial charge < -0.3 is 20.1 Å². The first-order valence-corrected chi connectivity index (χ1v) is 11.1. The fourth-order valence-electron chi connectivity index (χ4n) is 3.76. The Kier molecular flexibility index (Phi) is 6.17. The number of nitriles is 1. The fraction of sp³-hybridized carbons (Fsp3) is 0.227. The van der Waals surface area contributed by atoms with Gasteiger partial charge in [-0.3, -0.25) is 0 Å². The molecule has 1 aliphatic heterocycles. The van der Waals surface area contributed by atoms with Crippen molar-refractivity contribution in [2.24, 2.45) is 0 Å². The average molecular weight is 497 g/mol. The van der Waals surface area contributed by atoms with Crippen molar-refractivity contribution in [3.63, 3.8) is 0 Å². The molecule has 3 aromatic heterocycles. The summed E-state index contributed by atoms with van der Waals surface area (Å²) in [6, 6.07) is 8.76. The van der Waals surface area contributed by atoms with Gasteiger partial charge in [0.15, 0.2) is 0 Å². The zero-order valence-electron chi connectivity index (χ0n) is 17.7. The number of nitrogens with one attached hydrogen (secondary N) is 1. The standard InChI is InChI=1S/C22H18Cl2N8O2/c23-16-3-13(7-25)4-17(24)22(16)32-18-5-19(26-8-14(18)9-29-32)30-20-6-21(28-12-27-20)31-1-2-34-15(10-31)11-33/h3-6,8-9,12,15,33H,1-2,10-11H2,(H,26,27,28,30). The molecule has 1 atom stereocenters. The van der Waals surface area contributed by atoms with Crippen LogP contribution in [0.3, 0.4) is 0 Å². The molecular formula is C22H18Cl2N8O2. The molecular weight excluding hydrogens is 479 g/mol. The number of benzene rings is 1. The highest BCUT2D eigenvalue weighted by Crippen LogP contribution is 2.32. The van der Waals surface area contributed by atoms with Crippen molar-refractivity contribution in [1.82, 2.24) is 24.7 Å². The number of halogens is 2. The summed E-state index contributed by atoms with van der Waals surface area (Å²) < 4.78 is 7.12. The van der Waals surface area contributed by atoms with E-state index in [-0.39, 0.29) is 12.7 Å². The molecule has 0 radical (unpaired) electrons. The minimum absolute atomic E-state index is 0.0441. The summed E-state index contributed by atoms with van der Waals surface area (Å²) in [5.74, 6) is 1.82. The molecule has 0 saturated carbocycles. The molecule has 1 aromatic carbocycles. The van der Waals surface area contributed by atoms with Gasteiger partial charge >= 0.3 is 0 Å². The minimum Gasteiger partial charge on any atom is -0.394 e. The molecule has 4 aromatic rings. The van der Waals surface area contributed by atoms with Gasteiger partial charge in [-0.2, -0.15) is 10.4 Å². The zero-order chi connectivity index (χ0) is 23.7. The number of fused-ring (bicyclic) bond motifs is 1. The van der Waals surface area contributed by atoms with Gasteiger partial charge in [0.1, 0.15) is 29.5 Å². The number of anilines is 3. The number of rotatable bonds is 5. The SMILES string of the molecule is N#Cc1cc(Cl)c(-n2ncc3cnc(Nc4cc(N5CCOC(CO)C5)ncn4)cc32)c(Cl)c1. The van der Waals surface area contributed by atoms with E-state index in [1.807, 2.05) is 23.1 Å². The summed E-state index contributed by atoms with van der Waals surface area (Å²) in [6.07, 6.45) is 4.57. The smallest absolute Gasteiger partial charge is 0.137 e. The summed E-state index contributed by atoms with van der Waals surface area (Å²) in [6.45, 7) is 1.68. The molecule has 4 heterocycles. The first-order valence-electron chi connectivity index (χ1n) is 10.4. The van der Waals surface area contributed by atoms with Crippen LogP contribution in [-0.4, -0.2) is 62.2 Å². The normalized spacial score (nSPS) is 15.9. The topological polar surface area (TPSA) is 125 Å². The highest BCUT2D eigenvalue weighted by Gasteiger charge is 2.21. The Hall–Kier alpha value is -3.49. The lowest BCUT2D eigenvalue weighted by Crippen LogP contribution is -2.44. The number of morpholine rings is 1. The second-order valence-electron chi connectivity index (χ2n) is 7.59. The zero-order valence-corrected chi connectivity index (χ0v) is 19.2. The van der Waals surface area contributed by atoms with Crippen LogP contribution in [0.4, 0.5) is 17.5 Å². The highest BCUT2D eigenvalue weighted by molar-refractivity contribution is 6.38. The van der Waals surface area contributed by atoms with Crippen LogP contribution in [0.15, 0.2) is 43.0 Å². The Morgan fingerprint density at radius 2 is 1.91 bits per heavy atom. The van der Waals surface area contributed by atoms with Gasteiger partial charge in [-0.25, -0.2) is 19.6 Å². The van der Waals surface area contributed by atoms with Gasteiger partial charge in [0, 0.05) is 36.8 Å². The molecule has 1 fully saturated rings. The Morgan fingerprint density at radius 1 is 1.12 bits per heavy atom. The Labute approximate surface area is 204 Å². The first-order chi connectivity index (χ1) is 16.6. The first kappa shape index (κ1) is 22.3. The van der Waals surface area contributed by atoms with Crippen LogP contribution in [0.5, 0.6) is 0 Å². The Balaban J connectivity index is 1.45. The second-order valence-corrected chi connectivity index (χ2v) is 8.41. The van der Waals surface area contributed by atoms with Crippen LogP contribution in [0.25, 0.3) is 16.6 Å². The van der Waals surface area contributed by atoms with E-state index in [2.05, 4.69) is 25.4 Å². The van der Waals surface area contributed by atoms with Crippen molar-refractivity contribution in [3.8, 4) is 11.8 Å². The van der Waals surface area contributed by atoms with Crippen molar-refractivity contribution < 1.29 is 9.84 Å². The molecule has 172 valence electrons. The number of aromatic nitrogens is 5. The summed E-state index contributed by atoms with van der Waals surface area (Å²) in [7, 11) is 0. The Bertz CT molecular complexity index is 1380. The molecule has 0 amide bonds. The Morgan fingerprint density at radius 3 is 2.68 bits per heavy atom. The molecule has 2 N–H and O–H groups in total. The quantitative estimate of drug-likeness (QED) is 0.427. The van der Waals surface area contributed by atoms with Crippen molar-refractivity contribution in [2.45, 2.75) is 6.10 Å². The third-order valence-corrected chi connectivity index (χ3v) is 5.96. The molecule has 1 saturated heterocycles. The fourth-order valence-corrected chi connectivity index (χ4v) is 4.40. The van der Waals surface area contributed by atoms with E-state index in [1.54, 1.807) is 29.2 Å². The molecule has 1 aliphatic rings. The lowest BCUT2D eigenvalue weighted by Gasteiger charge is -2.32. The predicted octanol–water partition coefficient (Wildman–Crippen LogP) is 3.33. The van der Waals surface area contributed by atoms with Crippen LogP contribution < -0.4 is 10.2 Å². The second kappa shape index (κ2) is 9.40. The predicted molar refractivity (Wildman–Crippen MR) is 128 cm³/mol. The maximum atomic E-state index is 9.40. The molecule has 1 unspecified atom stereocenters. The molecule has 34 heavy (non-hydrogen) atoms. The largest absolute Gasteiger partial charge is 0.394 e. The van der Waals surface area contributed by atoms with Crippen LogP contribution in [0, 0.1) is 11.3 Å². The van der Waals surface area contributed by atoms with E-state index >= 15 is 0 Å². The van der Waals surface area contributed by atoms with Crippen molar-refractivity contribution >= 4 is 51.6 Å². The summed E-state index contributed by atoms with van der Waals surface area (Å²) in [5, 5.41) is 27.6. The van der Waals surface area contributed by atoms with Crippen LogP contribution in [-0.2, 0) is 4.74 Å². The molecule has 12 heteroatoms. The van der Waals surface area contributed by atoms with Crippen molar-refractivity contribution in [2.75, 3.05) is 36.5 Å². The number of ether oxygens (including phenoxy) is 1. The summed E-state index contributed by atoms with van der Waals surface area (Å²) in [4.78, 5) is 15.1. The molecule has 10 nitrogen and oxygen atoms in total. The molecule has 5 rings (SSSR count). The number of hydrogen-bond donors (Lipinski definition) is 2. The van der Waals surface area contributed by atoms with Gasteiger partial charge in [-0.1, -0.05) is 23.2 Å². The monoisotopic (exact) mass is 496 g/mol. The maximum Gasteiger partial charge on any atom is 0.137 e. The lowest BCUT2D eigenvalue weighted by molar-refractivity contribution is 0.00336. The van der Waals surface area contributed by atoms with E-state index in [1.165, 1.54) is 6.33 Å². The van der Waals surface area contributed by atoms with Crippen LogP contribution in [0.2, 0.25) is 10.0 Å². The van der Waals surface area contributed by atoms with Crippen LogP contribution in [0.1, 0.15) is 5.56 Å². The van der Waals surface area contributed by atoms with Gasteiger partial charge in [-0.15, -0.1) is 0 Å². The molecule has 0 bridgehead atoms. The number of hydrogen-bond acceptors (Lipinski definition) is 9. The molecule has 0 spiro atoms. The van der Waals surface area contributed by atoms with Crippen molar-refractivity contribution in [1.29, 1.82) is 5.26 Å². The lowest BCUT2D eigenvalue weighted by atomic mass is 10.2. The third-order valence-electron chi connectivity index (χ3n) is 5.39. The van der Waals surface area contributed by atoms with Gasteiger partial charge in [0.25, 0.3) is 0 Å². The molecule has 0 aliphatic carbocycles. The summed E-state index contributed by atoms with van der Waals surface area (Å²) >= 11 is 12.8. The number of pyridine rings is 1. The maximum absolute atomic E-state index is 9.40. The minimum atomic E-state index is -0.245. The van der Waals surface area contributed by atoms with Gasteiger partial charge in [-0.05, 0) is 12.1 Å². The number of aliphatic hydroxyl groups excluding tert-OH is 1. The number of nitrogens with zero attached hydrogens (tertiary/aromatic N) is 7. The van der Waals surface area contributed by atoms with Gasteiger partial charge in [0.05, 0.1) is 52.7 Å². The average Bonchev–Trinajstić information content (AvgIpc) is 3.26. The van der Waals surface area contributed by atoms with E-state index in [0.717, 1.165) is 16.7 Å². The van der Waals surface area contributed by atoms with E-state index in [4.69, 9.17) is 33.2 Å². The van der Waals surface area contributed by atoms with E-state index in [9.17, 15) is 5.11 Å². The van der Waals surface area contributed by atoms with E-state index < -0.39 is 0 Å². The summed E-state index contributed by atoms with van der Waals surface area (Å²) in [5.41, 5.74) is 1.56. The number of aliphatic hydroxyl groups is 1. The highest BCUT2D eigenvalue weighted by atomic mass is 35.5. The van der Waals surface area contributed by atoms with Crippen LogP contribution >= 0.6 is 23.2 Å². The third kappa shape index (κ3) is 4.34. The van der Waals surface area contributed by atoms with E-state index in [0.29, 0.717) is 52.6 Å². The van der Waals surface area contributed by atoms with Crippen molar-refractivity contribution in [3.05, 3.63) is 58.6 Å². The van der Waals surface area contributed by atoms with Gasteiger partial charge in [0.2, 0.25) is 0 Å².